The number of hydrogen-bond donors (Lipinski definition) is 2. The predicted molar refractivity (Wildman–Crippen MR) is 343 cm³/mol. The molecule has 2 aliphatic rings. The fourth-order valence-electron chi connectivity index (χ4n) is 11.6. The third-order valence-electron chi connectivity index (χ3n) is 15.6. The molecular formula is C72H46N8S2. The van der Waals surface area contributed by atoms with Gasteiger partial charge in [-0.05, 0) is 57.6 Å². The molecule has 0 amide bonds. The number of fused-ring (bicyclic) bond motifs is 8. The first-order chi connectivity index (χ1) is 40.6. The number of thiophene rings is 2. The smallest absolute Gasteiger partial charge is 0.159 e. The number of pyridine rings is 2. The largest absolute Gasteiger partial charge is 0.344 e. The van der Waals surface area contributed by atoms with Crippen molar-refractivity contribution in [2.24, 2.45) is 20.0 Å². The summed E-state index contributed by atoms with van der Waals surface area (Å²) in [5.74, 6) is 2.92. The minimum absolute atomic E-state index is 0.280. The number of para-hydroxylation sites is 1. The highest BCUT2D eigenvalue weighted by atomic mass is 32.1. The molecule has 10 heteroatoms. The zero-order valence-electron chi connectivity index (χ0n) is 43.9. The molecule has 2 atom stereocenters. The Morgan fingerprint density at radius 1 is 0.329 bits per heavy atom. The zero-order chi connectivity index (χ0) is 54.1. The average Bonchev–Trinajstić information content (AvgIpc) is 3.88. The number of aliphatic imine (C=N–C) groups is 4. The van der Waals surface area contributed by atoms with Gasteiger partial charge in [-0.25, -0.2) is 29.9 Å². The monoisotopic (exact) mass is 1090 g/mol. The summed E-state index contributed by atoms with van der Waals surface area (Å²) in [5.41, 5.74) is 15.7. The van der Waals surface area contributed by atoms with Gasteiger partial charge in [-0.1, -0.05) is 231 Å². The van der Waals surface area contributed by atoms with Crippen LogP contribution in [0.15, 0.2) is 275 Å². The Balaban J connectivity index is 0.736. The maximum atomic E-state index is 5.41. The fourth-order valence-corrected chi connectivity index (χ4v) is 13.9. The van der Waals surface area contributed by atoms with E-state index in [1.54, 1.807) is 22.7 Å². The molecule has 0 spiro atoms. The van der Waals surface area contributed by atoms with Crippen LogP contribution in [0.2, 0.25) is 0 Å². The van der Waals surface area contributed by atoms with Crippen LogP contribution >= 0.6 is 22.7 Å². The van der Waals surface area contributed by atoms with Gasteiger partial charge in [0.25, 0.3) is 0 Å². The molecule has 0 bridgehead atoms. The molecule has 0 aliphatic carbocycles. The molecule has 4 aromatic heterocycles. The molecule has 16 rings (SSSR count). The van der Waals surface area contributed by atoms with Crippen LogP contribution in [-0.4, -0.2) is 33.3 Å². The van der Waals surface area contributed by atoms with Crippen molar-refractivity contribution >= 4 is 108 Å². The summed E-state index contributed by atoms with van der Waals surface area (Å²) in [5, 5.41) is 13.1. The predicted octanol–water partition coefficient (Wildman–Crippen LogP) is 17.5. The lowest BCUT2D eigenvalue weighted by Crippen LogP contribution is -2.33. The van der Waals surface area contributed by atoms with E-state index in [1.807, 2.05) is 54.6 Å². The first-order valence-electron chi connectivity index (χ1n) is 27.4. The number of nitrogens with one attached hydrogen (secondary N) is 2. The van der Waals surface area contributed by atoms with E-state index in [2.05, 4.69) is 211 Å². The second kappa shape index (κ2) is 19.8. The normalized spacial score (nSPS) is 15.3. The maximum absolute atomic E-state index is 5.41. The molecule has 0 saturated heterocycles. The van der Waals surface area contributed by atoms with Gasteiger partial charge in [0.15, 0.2) is 11.7 Å². The standard InChI is InChI=1S/C72H46N8S2/c1-4-16-46(17-5-1)66-75-67(47-18-6-2-7-19-47)77-70(76-66)50-36-30-44(31-37-50)61-54-41-40-52(42-58(54)74-72-63(61)55-23-11-14-26-59(55)82-72)43-28-34-49(35-29-43)69-78-68(48-20-8-3-9-21-48)79-71(80-69)51-38-32-45(33-39-51)62-53-22-10-13-25-57(53)73-64-56-24-12-15-27-60(56)81-65(62)64/h1-42,66,71H,(H,75,76,77)(H,78,79,80). The number of hydrogen-bond acceptors (Lipinski definition) is 10. The topological polar surface area (TPSA) is 99.3 Å². The molecule has 0 fully saturated rings. The molecule has 2 N–H and O–H groups in total. The second-order valence-electron chi connectivity index (χ2n) is 20.6. The molecular weight excluding hydrogens is 1040 g/mol. The Hall–Kier alpha value is -10.3. The highest BCUT2D eigenvalue weighted by Gasteiger charge is 2.25. The number of rotatable bonds is 9. The summed E-state index contributed by atoms with van der Waals surface area (Å²) in [6.45, 7) is 0. The third kappa shape index (κ3) is 8.43. The number of benzene rings is 10. The summed E-state index contributed by atoms with van der Waals surface area (Å²) in [7, 11) is 0. The Labute approximate surface area is 480 Å². The first kappa shape index (κ1) is 47.7. The number of nitrogens with zero attached hydrogens (tertiary/aromatic N) is 6. The average molecular weight is 1090 g/mol. The van der Waals surface area contributed by atoms with E-state index in [0.29, 0.717) is 11.7 Å². The van der Waals surface area contributed by atoms with Gasteiger partial charge in [0.1, 0.15) is 28.8 Å². The van der Waals surface area contributed by atoms with Gasteiger partial charge in [-0.15, -0.1) is 22.7 Å². The Kier molecular flexibility index (Phi) is 11.5. The Morgan fingerprint density at radius 3 is 1.50 bits per heavy atom. The Morgan fingerprint density at radius 2 is 0.805 bits per heavy atom. The second-order valence-corrected chi connectivity index (χ2v) is 22.7. The summed E-state index contributed by atoms with van der Waals surface area (Å²) in [4.78, 5) is 32.2. The molecule has 8 nitrogen and oxygen atoms in total. The van der Waals surface area contributed by atoms with E-state index in [9.17, 15) is 0 Å². The van der Waals surface area contributed by atoms with E-state index < -0.39 is 0 Å². The van der Waals surface area contributed by atoms with Crippen LogP contribution < -0.4 is 10.6 Å². The quantitative estimate of drug-likeness (QED) is 0.150. The molecule has 82 heavy (non-hydrogen) atoms. The molecule has 10 aromatic carbocycles. The zero-order valence-corrected chi connectivity index (χ0v) is 45.5. The van der Waals surface area contributed by atoms with E-state index in [4.69, 9.17) is 29.9 Å². The van der Waals surface area contributed by atoms with Crippen molar-refractivity contribution in [2.75, 3.05) is 0 Å². The molecule has 2 aliphatic heterocycles. The van der Waals surface area contributed by atoms with Gasteiger partial charge in [0.05, 0.1) is 21.3 Å². The van der Waals surface area contributed by atoms with Gasteiger partial charge < -0.3 is 10.6 Å². The van der Waals surface area contributed by atoms with Crippen LogP contribution in [0.1, 0.15) is 45.7 Å². The lowest BCUT2D eigenvalue weighted by molar-refractivity contribution is 0.674. The lowest BCUT2D eigenvalue weighted by Gasteiger charge is -2.24. The third-order valence-corrected chi connectivity index (χ3v) is 17.9. The molecule has 386 valence electrons. The SMILES string of the molecule is c1ccc(C2=NC(c3ccccc3)NC(c3ccc(-c4c5ccc(-c6ccc(C7=NC(c8ccc(-c9c%10ccccc%10nc%10c9sc9ccccc9%10)cc8)NC(c8ccccc8)=N7)cc6)cc5nc5sc6ccccc6c45)cc3)=N2)cc1. The van der Waals surface area contributed by atoms with Gasteiger partial charge in [-0.3, -0.25) is 0 Å². The fraction of sp³-hybridized carbons (Fsp3) is 0.0278. The van der Waals surface area contributed by atoms with Crippen LogP contribution in [0, 0.1) is 0 Å². The first-order valence-corrected chi connectivity index (χ1v) is 29.0. The highest BCUT2D eigenvalue weighted by Crippen LogP contribution is 2.45. The molecule has 0 saturated carbocycles. The molecule has 6 heterocycles. The van der Waals surface area contributed by atoms with Gasteiger partial charge in [0, 0.05) is 69.7 Å². The minimum atomic E-state index is -0.371. The van der Waals surface area contributed by atoms with E-state index in [-0.39, 0.29) is 12.3 Å². The van der Waals surface area contributed by atoms with Crippen LogP contribution in [0.25, 0.3) is 95.8 Å². The van der Waals surface area contributed by atoms with E-state index >= 15 is 0 Å². The lowest BCUT2D eigenvalue weighted by atomic mass is 9.94. The minimum Gasteiger partial charge on any atom is -0.344 e. The summed E-state index contributed by atoms with van der Waals surface area (Å²) in [6, 6.07) is 89.5. The van der Waals surface area contributed by atoms with Crippen molar-refractivity contribution < 1.29 is 0 Å². The molecule has 14 aromatic rings. The van der Waals surface area contributed by atoms with E-state index in [0.717, 1.165) is 110 Å². The van der Waals surface area contributed by atoms with E-state index in [1.165, 1.54) is 30.4 Å². The molecule has 0 radical (unpaired) electrons. The van der Waals surface area contributed by atoms with Crippen LogP contribution in [0.5, 0.6) is 0 Å². The number of aromatic nitrogens is 2. The van der Waals surface area contributed by atoms with Crippen molar-refractivity contribution in [2.45, 2.75) is 12.3 Å². The molecule has 2 unspecified atom stereocenters. The van der Waals surface area contributed by atoms with Gasteiger partial charge in [0.2, 0.25) is 0 Å². The van der Waals surface area contributed by atoms with Crippen LogP contribution in [0.4, 0.5) is 0 Å². The maximum Gasteiger partial charge on any atom is 0.159 e. The van der Waals surface area contributed by atoms with Crippen molar-refractivity contribution in [3.63, 3.8) is 0 Å². The van der Waals surface area contributed by atoms with Crippen LogP contribution in [0.3, 0.4) is 0 Å². The van der Waals surface area contributed by atoms with Crippen molar-refractivity contribution in [1.82, 2.24) is 20.6 Å². The highest BCUT2D eigenvalue weighted by molar-refractivity contribution is 7.26. The summed E-state index contributed by atoms with van der Waals surface area (Å²) >= 11 is 3.55. The summed E-state index contributed by atoms with van der Waals surface area (Å²) in [6.07, 6.45) is -0.651. The van der Waals surface area contributed by atoms with Crippen molar-refractivity contribution in [3.05, 3.63) is 288 Å². The summed E-state index contributed by atoms with van der Waals surface area (Å²) < 4.78 is 3.64. The van der Waals surface area contributed by atoms with Crippen molar-refractivity contribution in [3.8, 4) is 33.4 Å². The van der Waals surface area contributed by atoms with Gasteiger partial charge >= 0.3 is 0 Å². The Bertz CT molecular complexity index is 4950. The van der Waals surface area contributed by atoms with Crippen LogP contribution in [-0.2, 0) is 0 Å². The number of amidine groups is 4. The van der Waals surface area contributed by atoms with Crippen molar-refractivity contribution in [1.29, 1.82) is 0 Å². The van der Waals surface area contributed by atoms with Gasteiger partial charge in [-0.2, -0.15) is 0 Å².